The van der Waals surface area contributed by atoms with E-state index in [1.165, 1.54) is 5.56 Å². The van der Waals surface area contributed by atoms with Crippen LogP contribution < -0.4 is 0 Å². The summed E-state index contributed by atoms with van der Waals surface area (Å²) in [4.78, 5) is 0. The lowest BCUT2D eigenvalue weighted by atomic mass is 10.2. The molecule has 1 aromatic rings. The highest BCUT2D eigenvalue weighted by atomic mass is 32.2. The minimum atomic E-state index is -0.164. The van der Waals surface area contributed by atoms with E-state index in [0.717, 1.165) is 17.9 Å². The Morgan fingerprint density at radius 3 is 2.62 bits per heavy atom. The number of hydrogen-bond acceptors (Lipinski definition) is 2. The molecule has 72 valence electrons. The fourth-order valence-electron chi connectivity index (χ4n) is 1.02. The zero-order chi connectivity index (χ0) is 9.52. The number of thioether (sulfide) groups is 1. The summed E-state index contributed by atoms with van der Waals surface area (Å²) in [5.41, 5.74) is 1.36. The predicted octanol–water partition coefficient (Wildman–Crippen LogP) is 2.69. The molecule has 0 saturated carbocycles. The molecule has 1 rings (SSSR count). The first-order valence-electron chi connectivity index (χ1n) is 4.59. The highest BCUT2D eigenvalue weighted by Crippen LogP contribution is 2.13. The molecule has 0 bridgehead atoms. The van der Waals surface area contributed by atoms with Gasteiger partial charge in [-0.3, -0.25) is 0 Å². The number of benzene rings is 1. The van der Waals surface area contributed by atoms with Crippen LogP contribution in [0.1, 0.15) is 18.9 Å². The van der Waals surface area contributed by atoms with Crippen LogP contribution in [0.4, 0.5) is 0 Å². The normalized spacial score (nSPS) is 12.8. The molecule has 0 spiro atoms. The zero-order valence-electron chi connectivity index (χ0n) is 7.94. The largest absolute Gasteiger partial charge is 0.393 e. The highest BCUT2D eigenvalue weighted by molar-refractivity contribution is 7.98. The molecule has 0 aromatic heterocycles. The van der Waals surface area contributed by atoms with Crippen LogP contribution in [0.5, 0.6) is 0 Å². The second-order valence-electron chi connectivity index (χ2n) is 3.18. The van der Waals surface area contributed by atoms with Crippen LogP contribution in [0.25, 0.3) is 0 Å². The summed E-state index contributed by atoms with van der Waals surface area (Å²) < 4.78 is 0. The molecule has 13 heavy (non-hydrogen) atoms. The van der Waals surface area contributed by atoms with Crippen molar-refractivity contribution in [1.82, 2.24) is 0 Å². The van der Waals surface area contributed by atoms with Gasteiger partial charge in [0.05, 0.1) is 6.10 Å². The minimum absolute atomic E-state index is 0.164. The van der Waals surface area contributed by atoms with Gasteiger partial charge in [0.25, 0.3) is 0 Å². The lowest BCUT2D eigenvalue weighted by Gasteiger charge is -2.03. The van der Waals surface area contributed by atoms with Crippen LogP contribution in [0.2, 0.25) is 0 Å². The third-order valence-electron chi connectivity index (χ3n) is 1.79. The Hall–Kier alpha value is -0.470. The molecule has 1 N–H and O–H groups in total. The van der Waals surface area contributed by atoms with Crippen LogP contribution in [0.3, 0.4) is 0 Å². The molecule has 0 saturated heterocycles. The molecule has 0 aliphatic carbocycles. The van der Waals surface area contributed by atoms with Gasteiger partial charge >= 0.3 is 0 Å². The lowest BCUT2D eigenvalue weighted by Crippen LogP contribution is -2.00. The topological polar surface area (TPSA) is 20.2 Å². The molecule has 0 fully saturated rings. The number of aliphatic hydroxyl groups is 1. The van der Waals surface area contributed by atoms with Gasteiger partial charge in [-0.15, -0.1) is 0 Å². The summed E-state index contributed by atoms with van der Waals surface area (Å²) >= 11 is 1.87. The van der Waals surface area contributed by atoms with E-state index in [-0.39, 0.29) is 6.10 Å². The fraction of sp³-hybridized carbons (Fsp3) is 0.455. The number of hydrogen-bond donors (Lipinski definition) is 1. The highest BCUT2D eigenvalue weighted by Gasteiger charge is 1.96. The number of aliphatic hydroxyl groups excluding tert-OH is 1. The molecule has 0 aliphatic heterocycles. The van der Waals surface area contributed by atoms with E-state index in [0.29, 0.717) is 0 Å². The second kappa shape index (κ2) is 6.06. The van der Waals surface area contributed by atoms with Crippen molar-refractivity contribution >= 4 is 11.8 Å². The maximum atomic E-state index is 9.04. The third kappa shape index (κ3) is 4.96. The van der Waals surface area contributed by atoms with Crippen molar-refractivity contribution in [3.63, 3.8) is 0 Å². The van der Waals surface area contributed by atoms with Crippen molar-refractivity contribution in [2.75, 3.05) is 5.75 Å². The van der Waals surface area contributed by atoms with Gasteiger partial charge in [-0.05, 0) is 24.7 Å². The summed E-state index contributed by atoms with van der Waals surface area (Å²) in [6.45, 7) is 1.84. The Bertz CT molecular complexity index is 221. The van der Waals surface area contributed by atoms with E-state index in [4.69, 9.17) is 5.11 Å². The molecule has 0 amide bonds. The van der Waals surface area contributed by atoms with Gasteiger partial charge in [0.15, 0.2) is 0 Å². The van der Waals surface area contributed by atoms with Crippen LogP contribution in [0, 0.1) is 0 Å². The summed E-state index contributed by atoms with van der Waals surface area (Å²) in [7, 11) is 0. The summed E-state index contributed by atoms with van der Waals surface area (Å²) in [5.74, 6) is 2.08. The maximum Gasteiger partial charge on any atom is 0.0520 e. The van der Waals surface area contributed by atoms with Crippen molar-refractivity contribution < 1.29 is 5.11 Å². The molecule has 0 aliphatic rings. The van der Waals surface area contributed by atoms with Gasteiger partial charge in [-0.2, -0.15) is 11.8 Å². The van der Waals surface area contributed by atoms with Crippen LogP contribution in [-0.2, 0) is 5.75 Å². The quantitative estimate of drug-likeness (QED) is 0.731. The molecular formula is C11H16OS. The van der Waals surface area contributed by atoms with Gasteiger partial charge in [-0.25, -0.2) is 0 Å². The van der Waals surface area contributed by atoms with Crippen LogP contribution in [0.15, 0.2) is 30.3 Å². The predicted molar refractivity (Wildman–Crippen MR) is 58.9 cm³/mol. The van der Waals surface area contributed by atoms with Gasteiger partial charge in [0, 0.05) is 5.75 Å². The maximum absolute atomic E-state index is 9.04. The fourth-order valence-corrected chi connectivity index (χ4v) is 2.10. The number of rotatable bonds is 5. The third-order valence-corrected chi connectivity index (χ3v) is 2.85. The standard InChI is InChI=1S/C11H16OS/c1-10(12)7-8-13-9-11-5-3-2-4-6-11/h2-6,10,12H,7-9H2,1H3/t10-/m0/s1. The van der Waals surface area contributed by atoms with Gasteiger partial charge in [0.1, 0.15) is 0 Å². The van der Waals surface area contributed by atoms with Crippen molar-refractivity contribution in [3.05, 3.63) is 35.9 Å². The van der Waals surface area contributed by atoms with Crippen LogP contribution >= 0.6 is 11.8 Å². The Labute approximate surface area is 84.2 Å². The molecule has 0 heterocycles. The molecule has 1 aromatic carbocycles. The van der Waals surface area contributed by atoms with E-state index < -0.39 is 0 Å². The van der Waals surface area contributed by atoms with Gasteiger partial charge in [-0.1, -0.05) is 30.3 Å². The van der Waals surface area contributed by atoms with Crippen molar-refractivity contribution in [1.29, 1.82) is 0 Å². The second-order valence-corrected chi connectivity index (χ2v) is 4.28. The van der Waals surface area contributed by atoms with Crippen molar-refractivity contribution in [2.45, 2.75) is 25.2 Å². The summed E-state index contributed by atoms with van der Waals surface area (Å²) in [6.07, 6.45) is 0.723. The van der Waals surface area contributed by atoms with Gasteiger partial charge in [0.2, 0.25) is 0 Å². The van der Waals surface area contributed by atoms with E-state index >= 15 is 0 Å². The molecule has 0 radical (unpaired) electrons. The van der Waals surface area contributed by atoms with Crippen molar-refractivity contribution in [2.24, 2.45) is 0 Å². The van der Waals surface area contributed by atoms with Crippen LogP contribution in [-0.4, -0.2) is 17.0 Å². The average molecular weight is 196 g/mol. The molecule has 1 atom stereocenters. The summed E-state index contributed by atoms with van der Waals surface area (Å²) in [6, 6.07) is 10.4. The summed E-state index contributed by atoms with van der Waals surface area (Å²) in [5, 5.41) is 9.04. The molecule has 2 heteroatoms. The van der Waals surface area contributed by atoms with E-state index in [1.54, 1.807) is 0 Å². The first-order valence-corrected chi connectivity index (χ1v) is 5.74. The SMILES string of the molecule is C[C@H](O)CCSCc1ccccc1. The smallest absolute Gasteiger partial charge is 0.0520 e. The molecule has 1 nitrogen and oxygen atoms in total. The Morgan fingerprint density at radius 1 is 1.31 bits per heavy atom. The Morgan fingerprint density at radius 2 is 2.00 bits per heavy atom. The molecule has 0 unspecified atom stereocenters. The van der Waals surface area contributed by atoms with E-state index in [2.05, 4.69) is 24.3 Å². The van der Waals surface area contributed by atoms with Crippen molar-refractivity contribution in [3.8, 4) is 0 Å². The van der Waals surface area contributed by atoms with E-state index in [9.17, 15) is 0 Å². The van der Waals surface area contributed by atoms with E-state index in [1.807, 2.05) is 24.8 Å². The Balaban J connectivity index is 2.13. The first kappa shape index (κ1) is 10.6. The zero-order valence-corrected chi connectivity index (χ0v) is 8.76. The van der Waals surface area contributed by atoms with Gasteiger partial charge < -0.3 is 5.11 Å². The first-order chi connectivity index (χ1) is 6.29. The minimum Gasteiger partial charge on any atom is -0.393 e. The Kier molecular flexibility index (Phi) is 4.94. The monoisotopic (exact) mass is 196 g/mol. The average Bonchev–Trinajstić information content (AvgIpc) is 2.14. The molecular weight excluding hydrogens is 180 g/mol. The lowest BCUT2D eigenvalue weighted by molar-refractivity contribution is 0.192.